The molecule has 2 unspecified atom stereocenters. The van der Waals surface area contributed by atoms with Crippen molar-refractivity contribution in [3.8, 4) is 0 Å². The third-order valence-corrected chi connectivity index (χ3v) is 3.89. The average Bonchev–Trinajstić information content (AvgIpc) is 2.26. The van der Waals surface area contributed by atoms with E-state index in [0.717, 1.165) is 18.1 Å². The van der Waals surface area contributed by atoms with Gasteiger partial charge in [-0.05, 0) is 36.8 Å². The van der Waals surface area contributed by atoms with Crippen LogP contribution in [0, 0.1) is 11.8 Å². The number of thioether (sulfide) groups is 1. The van der Waals surface area contributed by atoms with Gasteiger partial charge < -0.3 is 5.11 Å². The molecule has 0 fully saturated rings. The summed E-state index contributed by atoms with van der Waals surface area (Å²) in [5.74, 6) is 2.13. The summed E-state index contributed by atoms with van der Waals surface area (Å²) in [6.45, 7) is 6.71. The van der Waals surface area contributed by atoms with Crippen LogP contribution in [0.4, 0.5) is 0 Å². The van der Waals surface area contributed by atoms with Crippen molar-refractivity contribution in [1.29, 1.82) is 0 Å². The Balaban J connectivity index is 2.23. The lowest BCUT2D eigenvalue weighted by Gasteiger charge is -2.17. The molecule has 0 aromatic heterocycles. The third-order valence-electron chi connectivity index (χ3n) is 2.73. The first-order valence-corrected chi connectivity index (χ1v) is 7.42. The Hall–Kier alpha value is -0.470. The molecule has 0 aliphatic carbocycles. The minimum Gasteiger partial charge on any atom is -0.392 e. The molecule has 2 heteroatoms. The normalized spacial score (nSPS) is 14.9. The summed E-state index contributed by atoms with van der Waals surface area (Å²) < 4.78 is 0. The van der Waals surface area contributed by atoms with Gasteiger partial charge in [-0.1, -0.05) is 39.0 Å². The van der Waals surface area contributed by atoms with Crippen LogP contribution in [0.1, 0.15) is 33.6 Å². The smallest absolute Gasteiger partial charge is 0.0636 e. The van der Waals surface area contributed by atoms with Gasteiger partial charge in [-0.3, -0.25) is 0 Å². The van der Waals surface area contributed by atoms with Crippen molar-refractivity contribution in [2.75, 3.05) is 5.75 Å². The van der Waals surface area contributed by atoms with E-state index in [1.165, 1.54) is 11.3 Å². The van der Waals surface area contributed by atoms with Crippen molar-refractivity contribution in [3.63, 3.8) is 0 Å². The van der Waals surface area contributed by atoms with E-state index in [-0.39, 0.29) is 6.10 Å². The Bertz CT molecular complexity index is 297. The molecule has 96 valence electrons. The number of rotatable bonds is 7. The summed E-state index contributed by atoms with van der Waals surface area (Å²) >= 11 is 1.74. The van der Waals surface area contributed by atoms with Gasteiger partial charge in [-0.15, -0.1) is 11.8 Å². The molecule has 1 nitrogen and oxygen atoms in total. The summed E-state index contributed by atoms with van der Waals surface area (Å²) in [7, 11) is 0. The Kier molecular flexibility index (Phi) is 6.68. The number of hydrogen-bond donors (Lipinski definition) is 1. The zero-order chi connectivity index (χ0) is 12.7. The number of aliphatic hydroxyl groups excluding tert-OH is 1. The second-order valence-corrected chi connectivity index (χ2v) is 6.34. The Morgan fingerprint density at radius 3 is 2.29 bits per heavy atom. The second-order valence-electron chi connectivity index (χ2n) is 5.25. The maximum atomic E-state index is 9.97. The number of benzene rings is 1. The number of aliphatic hydroxyl groups is 1. The van der Waals surface area contributed by atoms with Gasteiger partial charge in [0.1, 0.15) is 0 Å². The van der Waals surface area contributed by atoms with E-state index in [4.69, 9.17) is 0 Å². The molecule has 0 radical (unpaired) electrons. The van der Waals surface area contributed by atoms with Crippen molar-refractivity contribution < 1.29 is 5.11 Å². The molecule has 2 atom stereocenters. The summed E-state index contributed by atoms with van der Waals surface area (Å²) in [5.41, 5.74) is 0. The summed E-state index contributed by atoms with van der Waals surface area (Å²) in [4.78, 5) is 1.24. The van der Waals surface area contributed by atoms with Crippen LogP contribution in [-0.4, -0.2) is 17.0 Å². The first kappa shape index (κ1) is 14.6. The zero-order valence-electron chi connectivity index (χ0n) is 11.1. The van der Waals surface area contributed by atoms with Gasteiger partial charge in [0.15, 0.2) is 0 Å². The van der Waals surface area contributed by atoms with Gasteiger partial charge in [0.2, 0.25) is 0 Å². The first-order valence-electron chi connectivity index (χ1n) is 6.43. The van der Waals surface area contributed by atoms with Crippen LogP contribution in [0.5, 0.6) is 0 Å². The lowest BCUT2D eigenvalue weighted by atomic mass is 9.94. The van der Waals surface area contributed by atoms with E-state index in [0.29, 0.717) is 5.92 Å². The highest BCUT2D eigenvalue weighted by molar-refractivity contribution is 7.99. The predicted molar refractivity (Wildman–Crippen MR) is 76.4 cm³/mol. The lowest BCUT2D eigenvalue weighted by Crippen LogP contribution is -2.15. The van der Waals surface area contributed by atoms with Crippen LogP contribution >= 0.6 is 11.8 Å². The van der Waals surface area contributed by atoms with Crippen LogP contribution in [0.25, 0.3) is 0 Å². The molecule has 0 saturated carbocycles. The van der Waals surface area contributed by atoms with Gasteiger partial charge in [0.05, 0.1) is 6.10 Å². The summed E-state index contributed by atoms with van der Waals surface area (Å²) in [5, 5.41) is 9.97. The molecule has 0 heterocycles. The van der Waals surface area contributed by atoms with Crippen LogP contribution in [0.3, 0.4) is 0 Å². The Labute approximate surface area is 110 Å². The number of hydrogen-bond acceptors (Lipinski definition) is 2. The second kappa shape index (κ2) is 7.78. The van der Waals surface area contributed by atoms with Crippen molar-refractivity contribution in [2.24, 2.45) is 11.8 Å². The first-order chi connectivity index (χ1) is 8.08. The fraction of sp³-hybridized carbons (Fsp3) is 0.600. The van der Waals surface area contributed by atoms with Crippen molar-refractivity contribution in [1.82, 2.24) is 0 Å². The maximum Gasteiger partial charge on any atom is 0.0636 e. The quantitative estimate of drug-likeness (QED) is 0.733. The topological polar surface area (TPSA) is 20.2 Å². The van der Waals surface area contributed by atoms with E-state index >= 15 is 0 Å². The highest BCUT2D eigenvalue weighted by Crippen LogP contribution is 2.22. The largest absolute Gasteiger partial charge is 0.392 e. The summed E-state index contributed by atoms with van der Waals surface area (Å²) in [6, 6.07) is 10.3. The minimum absolute atomic E-state index is 0.186. The molecular formula is C15H24OS. The molecule has 0 saturated heterocycles. The maximum absolute atomic E-state index is 9.97. The minimum atomic E-state index is -0.186. The van der Waals surface area contributed by atoms with E-state index in [2.05, 4.69) is 32.9 Å². The van der Waals surface area contributed by atoms with Crippen molar-refractivity contribution in [2.45, 2.75) is 44.6 Å². The van der Waals surface area contributed by atoms with Crippen molar-refractivity contribution in [3.05, 3.63) is 30.3 Å². The molecule has 1 rings (SSSR count). The predicted octanol–water partition coefficient (Wildman–Crippen LogP) is 4.21. The molecule has 1 N–H and O–H groups in total. The Morgan fingerprint density at radius 1 is 1.06 bits per heavy atom. The highest BCUT2D eigenvalue weighted by Gasteiger charge is 2.12. The molecule has 0 amide bonds. The third kappa shape index (κ3) is 6.75. The molecule has 17 heavy (non-hydrogen) atoms. The van der Waals surface area contributed by atoms with Crippen LogP contribution in [-0.2, 0) is 0 Å². The SMILES string of the molecule is CC(C)CC(C)CC(O)CSc1ccccc1. The van der Waals surface area contributed by atoms with E-state index in [9.17, 15) is 5.11 Å². The fourth-order valence-electron chi connectivity index (χ4n) is 2.14. The molecule has 1 aromatic carbocycles. The van der Waals surface area contributed by atoms with Crippen LogP contribution in [0.2, 0.25) is 0 Å². The molecular weight excluding hydrogens is 228 g/mol. The van der Waals surface area contributed by atoms with Gasteiger partial charge in [0, 0.05) is 10.6 Å². The molecule has 0 spiro atoms. The summed E-state index contributed by atoms with van der Waals surface area (Å²) in [6.07, 6.45) is 1.93. The standard InChI is InChI=1S/C15H24OS/c1-12(2)9-13(3)10-14(16)11-17-15-7-5-4-6-8-15/h4-8,12-14,16H,9-11H2,1-3H3. The van der Waals surface area contributed by atoms with E-state index in [1.807, 2.05) is 18.2 Å². The monoisotopic (exact) mass is 252 g/mol. The molecule has 0 aliphatic heterocycles. The van der Waals surface area contributed by atoms with Gasteiger partial charge in [-0.25, -0.2) is 0 Å². The van der Waals surface area contributed by atoms with Crippen LogP contribution < -0.4 is 0 Å². The molecule has 0 aliphatic rings. The van der Waals surface area contributed by atoms with E-state index < -0.39 is 0 Å². The fourth-order valence-corrected chi connectivity index (χ4v) is 3.01. The van der Waals surface area contributed by atoms with Gasteiger partial charge >= 0.3 is 0 Å². The Morgan fingerprint density at radius 2 is 1.71 bits per heavy atom. The van der Waals surface area contributed by atoms with Gasteiger partial charge in [-0.2, -0.15) is 0 Å². The highest BCUT2D eigenvalue weighted by atomic mass is 32.2. The van der Waals surface area contributed by atoms with Crippen molar-refractivity contribution >= 4 is 11.8 Å². The molecule has 0 bridgehead atoms. The van der Waals surface area contributed by atoms with E-state index in [1.54, 1.807) is 11.8 Å². The van der Waals surface area contributed by atoms with Gasteiger partial charge in [0.25, 0.3) is 0 Å². The zero-order valence-corrected chi connectivity index (χ0v) is 11.9. The van der Waals surface area contributed by atoms with Crippen LogP contribution in [0.15, 0.2) is 35.2 Å². The lowest BCUT2D eigenvalue weighted by molar-refractivity contribution is 0.162. The molecule has 1 aromatic rings. The average molecular weight is 252 g/mol.